The molecule has 6 rings (SSSR count). The molecular weight excluding hydrogens is 372 g/mol. The molecule has 3 aliphatic rings. The van der Waals surface area contributed by atoms with Gasteiger partial charge < -0.3 is 9.64 Å². The predicted octanol–water partition coefficient (Wildman–Crippen LogP) is 4.36. The fourth-order valence-electron chi connectivity index (χ4n) is 4.83. The highest BCUT2D eigenvalue weighted by Gasteiger charge is 2.42. The molecule has 4 heterocycles. The second-order valence-electron chi connectivity index (χ2n) is 8.40. The van der Waals surface area contributed by atoms with Crippen molar-refractivity contribution in [2.45, 2.75) is 44.3 Å². The number of piperidine rings is 1. The minimum absolute atomic E-state index is 0.129. The first-order valence-corrected chi connectivity index (χ1v) is 10.6. The number of nitrogens with zero attached hydrogens (tertiary/aromatic N) is 4. The van der Waals surface area contributed by atoms with E-state index < -0.39 is 0 Å². The molecule has 5 nitrogen and oxygen atoms in total. The van der Waals surface area contributed by atoms with Gasteiger partial charge in [0.05, 0.1) is 17.9 Å². The molecule has 2 aromatic heterocycles. The quantitative estimate of drug-likeness (QED) is 0.662. The van der Waals surface area contributed by atoms with Crippen molar-refractivity contribution in [3.05, 3.63) is 58.5 Å². The first-order chi connectivity index (χ1) is 13.7. The molecule has 1 aliphatic carbocycles. The van der Waals surface area contributed by atoms with E-state index in [1.165, 1.54) is 24.0 Å². The SMILES string of the molecule is Clc1c(N2CCC3(CC2)OCc2ccccc23)ccn2c(CC3CC3)nnc12. The van der Waals surface area contributed by atoms with Crippen LogP contribution in [0, 0.1) is 5.92 Å². The summed E-state index contributed by atoms with van der Waals surface area (Å²) in [6.07, 6.45) is 7.65. The lowest BCUT2D eigenvalue weighted by molar-refractivity contribution is -0.0551. The first kappa shape index (κ1) is 16.8. The highest BCUT2D eigenvalue weighted by molar-refractivity contribution is 6.36. The van der Waals surface area contributed by atoms with Crippen LogP contribution < -0.4 is 4.90 Å². The highest BCUT2D eigenvalue weighted by atomic mass is 35.5. The van der Waals surface area contributed by atoms with Crippen LogP contribution in [-0.4, -0.2) is 27.7 Å². The molecule has 2 fully saturated rings. The van der Waals surface area contributed by atoms with E-state index in [9.17, 15) is 0 Å². The zero-order valence-electron chi connectivity index (χ0n) is 15.8. The topological polar surface area (TPSA) is 42.7 Å². The van der Waals surface area contributed by atoms with E-state index in [0.29, 0.717) is 5.02 Å². The van der Waals surface area contributed by atoms with Gasteiger partial charge in [0, 0.05) is 25.7 Å². The van der Waals surface area contributed by atoms with Crippen LogP contribution in [0.1, 0.15) is 42.6 Å². The maximum absolute atomic E-state index is 6.78. The average molecular weight is 395 g/mol. The lowest BCUT2D eigenvalue weighted by Crippen LogP contribution is -2.42. The zero-order valence-corrected chi connectivity index (χ0v) is 16.5. The fraction of sp³-hybridized carbons (Fsp3) is 0.455. The third kappa shape index (κ3) is 2.56. The van der Waals surface area contributed by atoms with Crippen molar-refractivity contribution in [3.8, 4) is 0 Å². The minimum Gasteiger partial charge on any atom is -0.370 e. The summed E-state index contributed by atoms with van der Waals surface area (Å²) < 4.78 is 8.36. The van der Waals surface area contributed by atoms with E-state index in [1.807, 2.05) is 0 Å². The molecule has 28 heavy (non-hydrogen) atoms. The van der Waals surface area contributed by atoms with Gasteiger partial charge in [-0.15, -0.1) is 10.2 Å². The number of benzene rings is 1. The van der Waals surface area contributed by atoms with Gasteiger partial charge in [-0.3, -0.25) is 4.40 Å². The summed E-state index contributed by atoms with van der Waals surface area (Å²) in [5.74, 6) is 1.80. The maximum atomic E-state index is 6.78. The molecule has 0 amide bonds. The molecule has 1 spiro atoms. The van der Waals surface area contributed by atoms with Crippen LogP contribution in [0.25, 0.3) is 5.65 Å². The standard InChI is InChI=1S/C22H23ClN4O/c23-20-18(7-10-27-19(13-15-5-6-15)24-25-21(20)27)26-11-8-22(9-12-26)17-4-2-1-3-16(17)14-28-22/h1-4,7,10,15H,5-6,8-9,11-14H2. The van der Waals surface area contributed by atoms with Crippen LogP contribution >= 0.6 is 11.6 Å². The number of anilines is 1. The number of aromatic nitrogens is 3. The van der Waals surface area contributed by atoms with Crippen molar-refractivity contribution in [1.29, 1.82) is 0 Å². The Bertz CT molecular complexity index is 1050. The lowest BCUT2D eigenvalue weighted by Gasteiger charge is -2.40. The van der Waals surface area contributed by atoms with Gasteiger partial charge in [-0.25, -0.2) is 0 Å². The van der Waals surface area contributed by atoms with Crippen LogP contribution in [-0.2, 0) is 23.4 Å². The van der Waals surface area contributed by atoms with Gasteiger partial charge in [0.25, 0.3) is 0 Å². The average Bonchev–Trinajstić information content (AvgIpc) is 3.35. The number of halogens is 1. The van der Waals surface area contributed by atoms with Crippen molar-refractivity contribution >= 4 is 22.9 Å². The Balaban J connectivity index is 1.26. The molecule has 3 aromatic rings. The largest absolute Gasteiger partial charge is 0.370 e. The summed E-state index contributed by atoms with van der Waals surface area (Å²) in [6, 6.07) is 10.8. The molecule has 1 saturated heterocycles. The Morgan fingerprint density at radius 2 is 1.93 bits per heavy atom. The van der Waals surface area contributed by atoms with Crippen molar-refractivity contribution in [2.24, 2.45) is 5.92 Å². The Labute approximate surface area is 169 Å². The van der Waals surface area contributed by atoms with E-state index in [4.69, 9.17) is 16.3 Å². The molecule has 0 unspecified atom stereocenters. The molecule has 0 N–H and O–H groups in total. The van der Waals surface area contributed by atoms with Crippen LogP contribution in [0.15, 0.2) is 36.5 Å². The third-order valence-corrected chi connectivity index (χ3v) is 7.02. The van der Waals surface area contributed by atoms with Crippen molar-refractivity contribution in [2.75, 3.05) is 18.0 Å². The Morgan fingerprint density at radius 1 is 1.11 bits per heavy atom. The molecule has 144 valence electrons. The Hall–Kier alpha value is -2.11. The summed E-state index contributed by atoms with van der Waals surface area (Å²) in [7, 11) is 0. The second kappa shape index (κ2) is 6.19. The number of rotatable bonds is 3. The zero-order chi connectivity index (χ0) is 18.7. The van der Waals surface area contributed by atoms with Crippen LogP contribution in [0.2, 0.25) is 5.02 Å². The van der Waals surface area contributed by atoms with Gasteiger partial charge in [-0.2, -0.15) is 0 Å². The summed E-state index contributed by atoms with van der Waals surface area (Å²) in [5.41, 5.74) is 4.41. The lowest BCUT2D eigenvalue weighted by atomic mass is 9.83. The summed E-state index contributed by atoms with van der Waals surface area (Å²) in [4.78, 5) is 2.37. The number of ether oxygens (including phenoxy) is 1. The first-order valence-electron chi connectivity index (χ1n) is 10.2. The van der Waals surface area contributed by atoms with Gasteiger partial charge >= 0.3 is 0 Å². The van der Waals surface area contributed by atoms with Crippen LogP contribution in [0.4, 0.5) is 5.69 Å². The van der Waals surface area contributed by atoms with Gasteiger partial charge in [-0.05, 0) is 48.8 Å². The molecule has 0 radical (unpaired) electrons. The smallest absolute Gasteiger partial charge is 0.181 e. The van der Waals surface area contributed by atoms with E-state index in [2.05, 4.69) is 56.0 Å². The van der Waals surface area contributed by atoms with Crippen molar-refractivity contribution in [1.82, 2.24) is 14.6 Å². The number of hydrogen-bond donors (Lipinski definition) is 0. The summed E-state index contributed by atoms with van der Waals surface area (Å²) >= 11 is 6.78. The Morgan fingerprint density at radius 3 is 2.75 bits per heavy atom. The molecule has 0 bridgehead atoms. The van der Waals surface area contributed by atoms with Gasteiger partial charge in [-0.1, -0.05) is 35.9 Å². The molecule has 6 heteroatoms. The molecule has 1 saturated carbocycles. The number of pyridine rings is 1. The minimum atomic E-state index is -0.129. The summed E-state index contributed by atoms with van der Waals surface area (Å²) in [5, 5.41) is 9.49. The third-order valence-electron chi connectivity index (χ3n) is 6.66. The number of fused-ring (bicyclic) bond motifs is 3. The Kier molecular flexibility index (Phi) is 3.72. The maximum Gasteiger partial charge on any atom is 0.181 e. The van der Waals surface area contributed by atoms with Crippen LogP contribution in [0.5, 0.6) is 0 Å². The van der Waals surface area contributed by atoms with Crippen molar-refractivity contribution < 1.29 is 4.74 Å². The molecule has 1 aromatic carbocycles. The van der Waals surface area contributed by atoms with E-state index in [0.717, 1.165) is 62.0 Å². The highest BCUT2D eigenvalue weighted by Crippen LogP contribution is 2.45. The van der Waals surface area contributed by atoms with Gasteiger partial charge in [0.2, 0.25) is 0 Å². The number of hydrogen-bond acceptors (Lipinski definition) is 4. The van der Waals surface area contributed by atoms with E-state index in [1.54, 1.807) is 0 Å². The molecule has 2 aliphatic heterocycles. The predicted molar refractivity (Wildman–Crippen MR) is 109 cm³/mol. The van der Waals surface area contributed by atoms with Gasteiger partial charge in [0.1, 0.15) is 10.8 Å². The second-order valence-corrected chi connectivity index (χ2v) is 8.78. The normalized spacial score (nSPS) is 20.8. The molecular formula is C22H23ClN4O. The molecule has 0 atom stereocenters. The fourth-order valence-corrected chi connectivity index (χ4v) is 5.14. The van der Waals surface area contributed by atoms with Crippen molar-refractivity contribution in [3.63, 3.8) is 0 Å². The monoisotopic (exact) mass is 394 g/mol. The van der Waals surface area contributed by atoms with Gasteiger partial charge in [0.15, 0.2) is 5.65 Å². The van der Waals surface area contributed by atoms with Crippen LogP contribution in [0.3, 0.4) is 0 Å². The van der Waals surface area contributed by atoms with E-state index in [-0.39, 0.29) is 5.60 Å². The van der Waals surface area contributed by atoms with E-state index >= 15 is 0 Å². The summed E-state index contributed by atoms with van der Waals surface area (Å²) in [6.45, 7) is 2.58.